The first-order valence-electron chi connectivity index (χ1n) is 6.07. The summed E-state index contributed by atoms with van der Waals surface area (Å²) in [7, 11) is 0. The summed E-state index contributed by atoms with van der Waals surface area (Å²) in [6.07, 6.45) is -4.89. The molecule has 6 heteroatoms. The highest BCUT2D eigenvalue weighted by molar-refractivity contribution is 5.94. The van der Waals surface area contributed by atoms with Crippen molar-refractivity contribution in [1.29, 1.82) is 0 Å². The van der Waals surface area contributed by atoms with Gasteiger partial charge in [-0.2, -0.15) is 0 Å². The lowest BCUT2D eigenvalue weighted by molar-refractivity contribution is -0.228. The third-order valence-corrected chi connectivity index (χ3v) is 2.84. The zero-order chi connectivity index (χ0) is 15.5. The molecule has 0 radical (unpaired) electrons. The maximum Gasteiger partial charge on any atom is 0.487 e. The fourth-order valence-corrected chi connectivity index (χ4v) is 1.82. The predicted octanol–water partition coefficient (Wildman–Crippen LogP) is 3.99. The highest BCUT2D eigenvalue weighted by Gasteiger charge is 2.41. The highest BCUT2D eigenvalue weighted by Crippen LogP contribution is 2.26. The second kappa shape index (κ2) is 5.95. The molecule has 0 fully saturated rings. The van der Waals surface area contributed by atoms with Gasteiger partial charge in [0, 0.05) is 0 Å². The molecule has 0 saturated heterocycles. The van der Waals surface area contributed by atoms with Crippen LogP contribution in [0.5, 0.6) is 0 Å². The molecule has 0 aliphatic heterocycles. The van der Waals surface area contributed by atoms with Gasteiger partial charge < -0.3 is 0 Å². The Labute approximate surface area is 118 Å². The highest BCUT2D eigenvalue weighted by atomic mass is 19.4. The van der Waals surface area contributed by atoms with E-state index in [1.165, 1.54) is 24.3 Å². The molecule has 0 unspecified atom stereocenters. The monoisotopic (exact) mass is 297 g/mol. The molecule has 0 spiro atoms. The van der Waals surface area contributed by atoms with Crippen molar-refractivity contribution in [2.45, 2.75) is 12.8 Å². The van der Waals surface area contributed by atoms with Gasteiger partial charge in [0.2, 0.25) is 0 Å². The zero-order valence-corrected chi connectivity index (χ0v) is 10.8. The number of benzene rings is 2. The van der Waals surface area contributed by atoms with Crippen molar-refractivity contribution >= 4 is 5.91 Å². The van der Waals surface area contributed by atoms with Gasteiger partial charge in [-0.1, -0.05) is 42.5 Å². The van der Waals surface area contributed by atoms with E-state index in [0.717, 1.165) is 12.1 Å². The molecule has 0 N–H and O–H groups in total. The molecule has 0 heterocycles. The molecular formula is C15H11F4NO. The molecule has 2 rings (SSSR count). The SMILES string of the molecule is O=C(c1ccccc1F)N(Cc1ccccc1)C(F)(F)F. The molecule has 2 aromatic carbocycles. The van der Waals surface area contributed by atoms with Crippen LogP contribution in [0.15, 0.2) is 54.6 Å². The van der Waals surface area contributed by atoms with Crippen LogP contribution in [0.4, 0.5) is 17.6 Å². The fraction of sp³-hybridized carbons (Fsp3) is 0.133. The molecule has 21 heavy (non-hydrogen) atoms. The topological polar surface area (TPSA) is 20.3 Å². The van der Waals surface area contributed by atoms with Crippen molar-refractivity contribution in [3.8, 4) is 0 Å². The third-order valence-electron chi connectivity index (χ3n) is 2.84. The van der Waals surface area contributed by atoms with Crippen LogP contribution in [0.25, 0.3) is 0 Å². The van der Waals surface area contributed by atoms with E-state index < -0.39 is 30.1 Å². The van der Waals surface area contributed by atoms with Gasteiger partial charge in [0.05, 0.1) is 12.1 Å². The van der Waals surface area contributed by atoms with E-state index in [-0.39, 0.29) is 4.90 Å². The van der Waals surface area contributed by atoms with Crippen molar-refractivity contribution in [1.82, 2.24) is 4.90 Å². The van der Waals surface area contributed by atoms with Gasteiger partial charge >= 0.3 is 6.30 Å². The third kappa shape index (κ3) is 3.59. The number of nitrogens with zero attached hydrogens (tertiary/aromatic N) is 1. The second-order valence-corrected chi connectivity index (χ2v) is 4.32. The van der Waals surface area contributed by atoms with Crippen molar-refractivity contribution in [3.63, 3.8) is 0 Å². The minimum atomic E-state index is -4.89. The van der Waals surface area contributed by atoms with Crippen LogP contribution in [0.1, 0.15) is 15.9 Å². The summed E-state index contributed by atoms with van der Waals surface area (Å²) in [5.41, 5.74) is -0.301. The minimum Gasteiger partial charge on any atom is -0.269 e. The standard InChI is InChI=1S/C15H11F4NO/c16-13-9-5-4-8-12(13)14(21)20(15(17,18)19)10-11-6-2-1-3-7-11/h1-9H,10H2. The molecule has 0 atom stereocenters. The quantitative estimate of drug-likeness (QED) is 0.619. The van der Waals surface area contributed by atoms with Gasteiger partial charge in [0.15, 0.2) is 0 Å². The molecule has 2 aromatic rings. The van der Waals surface area contributed by atoms with Crippen molar-refractivity contribution < 1.29 is 22.4 Å². The molecule has 0 bridgehead atoms. The Morgan fingerprint density at radius 2 is 1.52 bits per heavy atom. The van der Waals surface area contributed by atoms with Gasteiger partial charge in [-0.05, 0) is 17.7 Å². The predicted molar refractivity (Wildman–Crippen MR) is 68.8 cm³/mol. The number of halogens is 4. The maximum absolute atomic E-state index is 13.5. The van der Waals surface area contributed by atoms with Gasteiger partial charge in [0.25, 0.3) is 5.91 Å². The van der Waals surface area contributed by atoms with Crippen LogP contribution in [-0.2, 0) is 6.54 Å². The second-order valence-electron chi connectivity index (χ2n) is 4.32. The van der Waals surface area contributed by atoms with E-state index in [1.807, 2.05) is 0 Å². The number of hydrogen-bond donors (Lipinski definition) is 0. The van der Waals surface area contributed by atoms with Crippen LogP contribution in [0.3, 0.4) is 0 Å². The van der Waals surface area contributed by atoms with E-state index in [0.29, 0.717) is 5.56 Å². The lowest BCUT2D eigenvalue weighted by Crippen LogP contribution is -2.42. The molecule has 2 nitrogen and oxygen atoms in total. The maximum atomic E-state index is 13.5. The van der Waals surface area contributed by atoms with E-state index >= 15 is 0 Å². The Kier molecular flexibility index (Phi) is 4.26. The van der Waals surface area contributed by atoms with Crippen LogP contribution in [-0.4, -0.2) is 17.1 Å². The Morgan fingerprint density at radius 1 is 0.952 bits per heavy atom. The number of carbonyl (C=O) groups excluding carboxylic acids is 1. The van der Waals surface area contributed by atoms with Crippen LogP contribution in [0.2, 0.25) is 0 Å². The number of alkyl halides is 3. The summed E-state index contributed by atoms with van der Waals surface area (Å²) in [5.74, 6) is -2.39. The van der Waals surface area contributed by atoms with Crippen LogP contribution in [0, 0.1) is 5.82 Å². The summed E-state index contributed by atoms with van der Waals surface area (Å²) in [6, 6.07) is 12.3. The van der Waals surface area contributed by atoms with Crippen LogP contribution >= 0.6 is 0 Å². The van der Waals surface area contributed by atoms with Gasteiger partial charge in [-0.3, -0.25) is 4.79 Å². The molecule has 110 valence electrons. The first-order chi connectivity index (χ1) is 9.89. The van der Waals surface area contributed by atoms with Crippen molar-refractivity contribution in [2.24, 2.45) is 0 Å². The normalized spacial score (nSPS) is 11.2. The average Bonchev–Trinajstić information content (AvgIpc) is 2.44. The molecular weight excluding hydrogens is 286 g/mol. The summed E-state index contributed by atoms with van der Waals surface area (Å²) in [4.78, 5) is 11.7. The zero-order valence-electron chi connectivity index (χ0n) is 10.8. The van der Waals surface area contributed by atoms with Gasteiger partial charge in [0.1, 0.15) is 5.82 Å². The molecule has 0 aromatic heterocycles. The smallest absolute Gasteiger partial charge is 0.269 e. The average molecular weight is 297 g/mol. The summed E-state index contributed by atoms with van der Waals surface area (Å²) >= 11 is 0. The number of amides is 1. The van der Waals surface area contributed by atoms with Crippen molar-refractivity contribution in [3.05, 3.63) is 71.5 Å². The Hall–Kier alpha value is -2.37. The molecule has 0 saturated carbocycles. The number of carbonyl (C=O) groups is 1. The Balaban J connectivity index is 2.33. The largest absolute Gasteiger partial charge is 0.487 e. The molecule has 0 aliphatic rings. The number of hydrogen-bond acceptors (Lipinski definition) is 1. The first kappa shape index (κ1) is 15.0. The Morgan fingerprint density at radius 3 is 2.10 bits per heavy atom. The van der Waals surface area contributed by atoms with E-state index in [1.54, 1.807) is 18.2 Å². The fourth-order valence-electron chi connectivity index (χ4n) is 1.82. The van der Waals surface area contributed by atoms with E-state index in [2.05, 4.69) is 0 Å². The lowest BCUT2D eigenvalue weighted by atomic mass is 10.1. The summed E-state index contributed by atoms with van der Waals surface area (Å²) in [6.45, 7) is -0.669. The Bertz CT molecular complexity index is 625. The van der Waals surface area contributed by atoms with Gasteiger partial charge in [-0.15, -0.1) is 13.2 Å². The summed E-state index contributed by atoms with van der Waals surface area (Å²) in [5, 5.41) is 0. The molecule has 0 aliphatic carbocycles. The molecule has 1 amide bonds. The lowest BCUT2D eigenvalue weighted by Gasteiger charge is -2.25. The first-order valence-corrected chi connectivity index (χ1v) is 6.07. The van der Waals surface area contributed by atoms with Crippen molar-refractivity contribution in [2.75, 3.05) is 0 Å². The van der Waals surface area contributed by atoms with Crippen LogP contribution < -0.4 is 0 Å². The summed E-state index contributed by atoms with van der Waals surface area (Å²) < 4.78 is 52.7. The van der Waals surface area contributed by atoms with E-state index in [4.69, 9.17) is 0 Å². The van der Waals surface area contributed by atoms with E-state index in [9.17, 15) is 22.4 Å². The number of rotatable bonds is 3. The van der Waals surface area contributed by atoms with Gasteiger partial charge in [-0.25, -0.2) is 9.29 Å². The minimum absolute atomic E-state index is 0.305.